The van der Waals surface area contributed by atoms with Crippen LogP contribution in [0.1, 0.15) is 61.9 Å². The third-order valence-corrected chi connectivity index (χ3v) is 13.5. The van der Waals surface area contributed by atoms with Crippen molar-refractivity contribution in [3.05, 3.63) is 112 Å². The summed E-state index contributed by atoms with van der Waals surface area (Å²) in [5, 5.41) is 1.60. The predicted molar refractivity (Wildman–Crippen MR) is 232 cm³/mol. The lowest BCUT2D eigenvalue weighted by Gasteiger charge is -2.39. The van der Waals surface area contributed by atoms with Crippen molar-refractivity contribution in [1.82, 2.24) is 19.6 Å². The quantitative estimate of drug-likeness (QED) is 0.126. The van der Waals surface area contributed by atoms with Gasteiger partial charge in [-0.2, -0.15) is 0 Å². The van der Waals surface area contributed by atoms with E-state index >= 15 is 0 Å². The number of carbonyl (C=O) groups excluding carboxylic acids is 1. The number of carbonyl (C=O) groups is 1. The number of rotatable bonds is 12. The fourth-order valence-corrected chi connectivity index (χ4v) is 9.50. The van der Waals surface area contributed by atoms with Crippen molar-refractivity contribution in [3.63, 3.8) is 0 Å². The van der Waals surface area contributed by atoms with Gasteiger partial charge < -0.3 is 24.1 Å². The van der Waals surface area contributed by atoms with Crippen LogP contribution < -0.4 is 19.1 Å². The number of allylic oxidation sites excluding steroid dienone is 1. The van der Waals surface area contributed by atoms with Gasteiger partial charge in [0, 0.05) is 79.8 Å². The zero-order valence-corrected chi connectivity index (χ0v) is 35.6. The highest BCUT2D eigenvalue weighted by molar-refractivity contribution is 7.90. The van der Waals surface area contributed by atoms with Crippen LogP contribution in [-0.2, 0) is 14.8 Å². The van der Waals surface area contributed by atoms with Gasteiger partial charge in [0.15, 0.2) is 0 Å². The molecule has 0 saturated carbocycles. The third-order valence-electron chi connectivity index (χ3n) is 11.6. The molecule has 1 aliphatic carbocycles. The standard InChI is InChI=1S/C45H49Cl2N5O6S/c1-45(2)16-12-32(38(26-45)31-6-8-33(46)9-7-31)28-51-18-20-52(21-19-51)34-10-11-37(42(24-34)58-41-5-3-4-40-36(41)13-17-48-40)43(53)50-59(54,55)35-25-39(47)44(49-27-35)57-29-30-14-22-56-23-15-30/h3-11,13,17,24-25,27,30,48H,12,14-16,18-23,26,28-29H2,1-2H3,(H,50,53). The Kier molecular flexibility index (Phi) is 12.2. The summed E-state index contributed by atoms with van der Waals surface area (Å²) >= 11 is 12.7. The molecule has 2 aliphatic heterocycles. The molecule has 2 saturated heterocycles. The first-order valence-corrected chi connectivity index (χ1v) is 22.4. The fourth-order valence-electron chi connectivity index (χ4n) is 8.15. The number of pyridine rings is 1. The van der Waals surface area contributed by atoms with Crippen LogP contribution >= 0.6 is 23.2 Å². The largest absolute Gasteiger partial charge is 0.476 e. The zero-order chi connectivity index (χ0) is 41.1. The molecule has 2 aromatic heterocycles. The van der Waals surface area contributed by atoms with E-state index in [1.54, 1.807) is 6.07 Å². The SMILES string of the molecule is CC1(C)CCC(CN2CCN(c3ccc(C(=O)NS(=O)(=O)c4cnc(OCC5CCOCC5)c(Cl)c4)c(Oc4cccc5[nH]ccc45)c3)CC2)=C(c2ccc(Cl)cc2)C1. The molecular formula is C45H49Cl2N5O6S. The van der Waals surface area contributed by atoms with Crippen LogP contribution in [0.3, 0.4) is 0 Å². The Hall–Kier alpha value is -4.59. The molecule has 2 fully saturated rings. The van der Waals surface area contributed by atoms with Crippen LogP contribution in [0.4, 0.5) is 5.69 Å². The minimum Gasteiger partial charge on any atom is -0.476 e. The number of aromatic nitrogens is 2. The second kappa shape index (κ2) is 17.6. The van der Waals surface area contributed by atoms with E-state index in [-0.39, 0.29) is 32.5 Å². The first-order valence-electron chi connectivity index (χ1n) is 20.2. The maximum Gasteiger partial charge on any atom is 0.268 e. The molecular weight excluding hydrogens is 809 g/mol. The lowest BCUT2D eigenvalue weighted by molar-refractivity contribution is 0.0490. The van der Waals surface area contributed by atoms with Gasteiger partial charge in [0.1, 0.15) is 21.4 Å². The summed E-state index contributed by atoms with van der Waals surface area (Å²) < 4.78 is 47.1. The number of aromatic amines is 1. The van der Waals surface area contributed by atoms with Gasteiger partial charge >= 0.3 is 0 Å². The summed E-state index contributed by atoms with van der Waals surface area (Å²) in [6, 6.07) is 22.2. The number of benzene rings is 3. The normalized spacial score (nSPS) is 17.9. The second-order valence-electron chi connectivity index (χ2n) is 16.4. The summed E-state index contributed by atoms with van der Waals surface area (Å²) in [5.41, 5.74) is 6.21. The van der Waals surface area contributed by atoms with E-state index in [9.17, 15) is 13.2 Å². The molecule has 2 N–H and O–H groups in total. The number of fused-ring (bicyclic) bond motifs is 1. The molecule has 0 unspecified atom stereocenters. The molecule has 3 aliphatic rings. The van der Waals surface area contributed by atoms with Crippen LogP contribution in [0.2, 0.25) is 10.0 Å². The van der Waals surface area contributed by atoms with Crippen molar-refractivity contribution >= 4 is 61.3 Å². The van der Waals surface area contributed by atoms with Crippen molar-refractivity contribution < 1.29 is 27.4 Å². The van der Waals surface area contributed by atoms with Gasteiger partial charge in [0.05, 0.1) is 18.4 Å². The molecule has 3 aromatic carbocycles. The number of ether oxygens (including phenoxy) is 3. The number of nitrogens with zero attached hydrogens (tertiary/aromatic N) is 3. The van der Waals surface area contributed by atoms with Gasteiger partial charge in [0.2, 0.25) is 5.88 Å². The molecule has 11 nitrogen and oxygen atoms in total. The number of amides is 1. The van der Waals surface area contributed by atoms with E-state index in [0.717, 1.165) is 92.6 Å². The zero-order valence-electron chi connectivity index (χ0n) is 33.3. The molecule has 0 bridgehead atoms. The Morgan fingerprint density at radius 1 is 0.983 bits per heavy atom. The van der Waals surface area contributed by atoms with Gasteiger partial charge in [-0.15, -0.1) is 0 Å². The highest BCUT2D eigenvalue weighted by Crippen LogP contribution is 2.43. The van der Waals surface area contributed by atoms with Crippen molar-refractivity contribution in [1.29, 1.82) is 0 Å². The van der Waals surface area contributed by atoms with E-state index in [4.69, 9.17) is 37.4 Å². The molecule has 0 spiro atoms. The van der Waals surface area contributed by atoms with Crippen molar-refractivity contribution in [2.24, 2.45) is 11.3 Å². The Morgan fingerprint density at radius 3 is 2.53 bits per heavy atom. The average molecular weight is 859 g/mol. The van der Waals surface area contributed by atoms with Crippen LogP contribution in [0.25, 0.3) is 16.5 Å². The van der Waals surface area contributed by atoms with Crippen molar-refractivity contribution in [2.75, 3.05) is 57.4 Å². The molecule has 14 heteroatoms. The average Bonchev–Trinajstić information content (AvgIpc) is 3.72. The summed E-state index contributed by atoms with van der Waals surface area (Å²) in [6.07, 6.45) is 7.94. The van der Waals surface area contributed by atoms with E-state index in [2.05, 4.69) is 50.5 Å². The minimum atomic E-state index is -4.38. The molecule has 0 atom stereocenters. The van der Waals surface area contributed by atoms with Crippen LogP contribution in [0.15, 0.2) is 95.7 Å². The van der Waals surface area contributed by atoms with Crippen molar-refractivity contribution in [3.8, 4) is 17.4 Å². The predicted octanol–water partition coefficient (Wildman–Crippen LogP) is 9.37. The lowest BCUT2D eigenvalue weighted by atomic mass is 9.72. The minimum absolute atomic E-state index is 0.0295. The lowest BCUT2D eigenvalue weighted by Crippen LogP contribution is -2.47. The molecule has 1 amide bonds. The van der Waals surface area contributed by atoms with E-state index in [1.165, 1.54) is 22.8 Å². The topological polar surface area (TPSA) is 126 Å². The molecule has 8 rings (SSSR count). The number of hydrogen-bond acceptors (Lipinski definition) is 9. The Bertz CT molecular complexity index is 2460. The number of anilines is 1. The van der Waals surface area contributed by atoms with Gasteiger partial charge in [0.25, 0.3) is 15.9 Å². The highest BCUT2D eigenvalue weighted by Gasteiger charge is 2.30. The summed E-state index contributed by atoms with van der Waals surface area (Å²) in [5.74, 6) is 0.325. The molecule has 5 aromatic rings. The third kappa shape index (κ3) is 9.74. The van der Waals surface area contributed by atoms with Crippen LogP contribution in [-0.4, -0.2) is 81.7 Å². The monoisotopic (exact) mass is 857 g/mol. The highest BCUT2D eigenvalue weighted by atomic mass is 35.5. The first kappa shape index (κ1) is 41.2. The van der Waals surface area contributed by atoms with Gasteiger partial charge in [-0.05, 0) is 103 Å². The number of piperazine rings is 1. The molecule has 310 valence electrons. The van der Waals surface area contributed by atoms with E-state index in [1.807, 2.05) is 54.7 Å². The first-order chi connectivity index (χ1) is 28.4. The molecule has 0 radical (unpaired) electrons. The Balaban J connectivity index is 0.993. The van der Waals surface area contributed by atoms with E-state index in [0.29, 0.717) is 31.5 Å². The second-order valence-corrected chi connectivity index (χ2v) is 19.0. The van der Waals surface area contributed by atoms with Gasteiger partial charge in [-0.3, -0.25) is 9.69 Å². The number of sulfonamides is 1. The maximum absolute atomic E-state index is 13.9. The number of H-pyrrole nitrogens is 1. The summed E-state index contributed by atoms with van der Waals surface area (Å²) in [6.45, 7) is 10.6. The van der Waals surface area contributed by atoms with Gasteiger partial charge in [-0.25, -0.2) is 18.1 Å². The maximum atomic E-state index is 13.9. The van der Waals surface area contributed by atoms with Crippen LogP contribution in [0, 0.1) is 11.3 Å². The Labute approximate surface area is 355 Å². The smallest absolute Gasteiger partial charge is 0.268 e. The van der Waals surface area contributed by atoms with E-state index < -0.39 is 15.9 Å². The van der Waals surface area contributed by atoms with Crippen LogP contribution in [0.5, 0.6) is 17.4 Å². The number of hydrogen-bond donors (Lipinski definition) is 2. The number of nitrogens with one attached hydrogen (secondary N) is 2. The molecule has 4 heterocycles. The molecule has 59 heavy (non-hydrogen) atoms. The fraction of sp³-hybridized carbons (Fsp3) is 0.378. The van der Waals surface area contributed by atoms with Crippen molar-refractivity contribution in [2.45, 2.75) is 50.8 Å². The summed E-state index contributed by atoms with van der Waals surface area (Å²) in [4.78, 5) is 25.8. The van der Waals surface area contributed by atoms with Gasteiger partial charge in [-0.1, -0.05) is 60.8 Å². The summed E-state index contributed by atoms with van der Waals surface area (Å²) in [7, 11) is -4.38. The number of halogens is 2. The Morgan fingerprint density at radius 2 is 1.76 bits per heavy atom.